The van der Waals surface area contributed by atoms with Gasteiger partial charge in [0, 0.05) is 10.6 Å². The van der Waals surface area contributed by atoms with Crippen molar-refractivity contribution in [1.29, 1.82) is 0 Å². The number of nitrogens with zero attached hydrogens (tertiary/aromatic N) is 1. The Balaban J connectivity index is 2.34. The predicted octanol–water partition coefficient (Wildman–Crippen LogP) is 3.90. The first-order valence-corrected chi connectivity index (χ1v) is 6.78. The summed E-state index contributed by atoms with van der Waals surface area (Å²) in [5.74, 6) is 0. The highest BCUT2D eigenvalue weighted by Gasteiger charge is 2.09. The van der Waals surface area contributed by atoms with Gasteiger partial charge in [-0.05, 0) is 50.1 Å². The second-order valence-electron chi connectivity index (χ2n) is 4.44. The van der Waals surface area contributed by atoms with Gasteiger partial charge in [-0.15, -0.1) is 0 Å². The molecule has 1 unspecified atom stereocenters. The van der Waals surface area contributed by atoms with Gasteiger partial charge in [0.2, 0.25) is 0 Å². The molecule has 2 nitrogen and oxygen atoms in total. The van der Waals surface area contributed by atoms with Crippen LogP contribution in [0.4, 0.5) is 0 Å². The minimum Gasteiger partial charge on any atom is -0.389 e. The van der Waals surface area contributed by atoms with E-state index in [2.05, 4.69) is 24.0 Å². The number of benzene rings is 1. The van der Waals surface area contributed by atoms with E-state index in [0.29, 0.717) is 0 Å². The molecule has 0 aliphatic carbocycles. The van der Waals surface area contributed by atoms with E-state index in [9.17, 15) is 5.11 Å². The molecule has 0 saturated heterocycles. The van der Waals surface area contributed by atoms with Crippen LogP contribution in [0, 0.1) is 13.8 Å². The highest BCUT2D eigenvalue weighted by Crippen LogP contribution is 2.32. The Morgan fingerprint density at radius 2 is 1.89 bits per heavy atom. The minimum absolute atomic E-state index is 0.459. The summed E-state index contributed by atoms with van der Waals surface area (Å²) in [7, 11) is 0. The second-order valence-corrected chi connectivity index (χ2v) is 5.50. The Morgan fingerprint density at radius 3 is 2.56 bits per heavy atom. The Bertz CT molecular complexity index is 532. The quantitative estimate of drug-likeness (QED) is 0.907. The Hall–Kier alpha value is -1.32. The summed E-state index contributed by atoms with van der Waals surface area (Å²) < 4.78 is 0. The van der Waals surface area contributed by atoms with Gasteiger partial charge in [0.15, 0.2) is 0 Å². The fourth-order valence-electron chi connectivity index (χ4n) is 1.89. The first-order valence-electron chi connectivity index (χ1n) is 5.96. The maximum absolute atomic E-state index is 9.76. The van der Waals surface area contributed by atoms with Gasteiger partial charge < -0.3 is 5.11 Å². The maximum Gasteiger partial charge on any atom is 0.101 e. The lowest BCUT2D eigenvalue weighted by Crippen LogP contribution is -1.94. The summed E-state index contributed by atoms with van der Waals surface area (Å²) in [5.41, 5.74) is 3.18. The molecule has 94 valence electrons. The predicted molar refractivity (Wildman–Crippen MR) is 74.9 cm³/mol. The summed E-state index contributed by atoms with van der Waals surface area (Å²) in [6, 6.07) is 12.0. The zero-order valence-electron chi connectivity index (χ0n) is 10.8. The van der Waals surface area contributed by atoms with Gasteiger partial charge in [0.05, 0.1) is 6.10 Å². The lowest BCUT2D eigenvalue weighted by molar-refractivity contribution is 0.196. The molecule has 1 N–H and O–H groups in total. The Labute approximate surface area is 112 Å². The zero-order valence-corrected chi connectivity index (χ0v) is 11.7. The largest absolute Gasteiger partial charge is 0.389 e. The van der Waals surface area contributed by atoms with Crippen LogP contribution >= 0.6 is 11.8 Å². The summed E-state index contributed by atoms with van der Waals surface area (Å²) in [5, 5.41) is 10.7. The van der Waals surface area contributed by atoms with E-state index < -0.39 is 6.10 Å². The molecule has 0 spiro atoms. The number of pyridine rings is 1. The van der Waals surface area contributed by atoms with Crippen LogP contribution in [0.25, 0.3) is 0 Å². The van der Waals surface area contributed by atoms with Crippen molar-refractivity contribution in [2.24, 2.45) is 0 Å². The van der Waals surface area contributed by atoms with Crippen LogP contribution < -0.4 is 0 Å². The van der Waals surface area contributed by atoms with Crippen LogP contribution in [0.2, 0.25) is 0 Å². The van der Waals surface area contributed by atoms with E-state index in [-0.39, 0.29) is 0 Å². The molecule has 1 aromatic carbocycles. The number of aryl methyl sites for hydroxylation is 2. The van der Waals surface area contributed by atoms with Crippen molar-refractivity contribution < 1.29 is 5.11 Å². The van der Waals surface area contributed by atoms with Crippen LogP contribution in [0.3, 0.4) is 0 Å². The number of hydrogen-bond donors (Lipinski definition) is 1. The van der Waals surface area contributed by atoms with E-state index >= 15 is 0 Å². The molecule has 0 aliphatic heterocycles. The van der Waals surface area contributed by atoms with Crippen LogP contribution in [-0.2, 0) is 0 Å². The lowest BCUT2D eigenvalue weighted by Gasteiger charge is -2.11. The van der Waals surface area contributed by atoms with Gasteiger partial charge in [-0.2, -0.15) is 0 Å². The fourth-order valence-corrected chi connectivity index (χ4v) is 3.05. The molecule has 0 bridgehead atoms. The normalized spacial score (nSPS) is 12.4. The van der Waals surface area contributed by atoms with Gasteiger partial charge in [-0.25, -0.2) is 4.98 Å². The van der Waals surface area contributed by atoms with Gasteiger partial charge in [0.25, 0.3) is 0 Å². The molecule has 18 heavy (non-hydrogen) atoms. The molecule has 1 aromatic heterocycles. The number of aliphatic hydroxyl groups excluding tert-OH is 1. The van der Waals surface area contributed by atoms with E-state index in [4.69, 9.17) is 0 Å². The third-order valence-corrected chi connectivity index (χ3v) is 3.67. The summed E-state index contributed by atoms with van der Waals surface area (Å²) >= 11 is 1.60. The SMILES string of the molecule is Cc1cc(C)nc(Sc2ccccc2C(C)O)c1. The first kappa shape index (κ1) is 13.1. The van der Waals surface area contributed by atoms with E-state index in [1.54, 1.807) is 18.7 Å². The second kappa shape index (κ2) is 5.55. The minimum atomic E-state index is -0.459. The molecule has 1 heterocycles. The smallest absolute Gasteiger partial charge is 0.101 e. The van der Waals surface area contributed by atoms with Gasteiger partial charge in [0.1, 0.15) is 5.03 Å². The number of hydrogen-bond acceptors (Lipinski definition) is 3. The molecular weight excluding hydrogens is 242 g/mol. The van der Waals surface area contributed by atoms with Crippen molar-refractivity contribution in [3.63, 3.8) is 0 Å². The zero-order chi connectivity index (χ0) is 13.1. The monoisotopic (exact) mass is 259 g/mol. The van der Waals surface area contributed by atoms with Gasteiger partial charge in [-0.1, -0.05) is 30.0 Å². The van der Waals surface area contributed by atoms with E-state index in [1.807, 2.05) is 31.2 Å². The van der Waals surface area contributed by atoms with Crippen molar-refractivity contribution in [3.05, 3.63) is 53.2 Å². The standard InChI is InChI=1S/C15H17NOS/c1-10-8-11(2)16-15(9-10)18-14-7-5-4-6-13(14)12(3)17/h4-9,12,17H,1-3H3. The molecule has 0 amide bonds. The molecular formula is C15H17NOS. The Kier molecular flexibility index (Phi) is 4.04. The third kappa shape index (κ3) is 3.12. The average Bonchev–Trinajstić information content (AvgIpc) is 2.27. The molecule has 1 atom stereocenters. The highest BCUT2D eigenvalue weighted by atomic mass is 32.2. The molecule has 0 radical (unpaired) electrons. The lowest BCUT2D eigenvalue weighted by atomic mass is 10.1. The van der Waals surface area contributed by atoms with Crippen molar-refractivity contribution in [3.8, 4) is 0 Å². The van der Waals surface area contributed by atoms with Crippen LogP contribution in [-0.4, -0.2) is 10.1 Å². The Morgan fingerprint density at radius 1 is 1.17 bits per heavy atom. The van der Waals surface area contributed by atoms with Crippen LogP contribution in [0.1, 0.15) is 29.8 Å². The molecule has 0 fully saturated rings. The average molecular weight is 259 g/mol. The van der Waals surface area contributed by atoms with Crippen molar-refractivity contribution in [1.82, 2.24) is 4.98 Å². The van der Waals surface area contributed by atoms with E-state index in [1.165, 1.54) is 5.56 Å². The summed E-state index contributed by atoms with van der Waals surface area (Å²) in [6.45, 7) is 5.85. The molecule has 2 rings (SSSR count). The number of aromatic nitrogens is 1. The molecule has 0 aliphatic rings. The third-order valence-electron chi connectivity index (χ3n) is 2.66. The highest BCUT2D eigenvalue weighted by molar-refractivity contribution is 7.99. The van der Waals surface area contributed by atoms with Crippen molar-refractivity contribution in [2.75, 3.05) is 0 Å². The van der Waals surface area contributed by atoms with Crippen molar-refractivity contribution >= 4 is 11.8 Å². The van der Waals surface area contributed by atoms with Crippen molar-refractivity contribution in [2.45, 2.75) is 36.8 Å². The van der Waals surface area contributed by atoms with Crippen LogP contribution in [0.5, 0.6) is 0 Å². The topological polar surface area (TPSA) is 33.1 Å². The summed E-state index contributed by atoms with van der Waals surface area (Å²) in [4.78, 5) is 5.57. The molecule has 3 heteroatoms. The van der Waals surface area contributed by atoms with Gasteiger partial charge >= 0.3 is 0 Å². The molecule has 2 aromatic rings. The fraction of sp³-hybridized carbons (Fsp3) is 0.267. The molecule has 0 saturated carbocycles. The summed E-state index contributed by atoms with van der Waals surface area (Å²) in [6.07, 6.45) is -0.459. The first-order chi connectivity index (χ1) is 8.56. The number of rotatable bonds is 3. The van der Waals surface area contributed by atoms with Gasteiger partial charge in [-0.3, -0.25) is 0 Å². The maximum atomic E-state index is 9.76. The van der Waals surface area contributed by atoms with E-state index in [0.717, 1.165) is 21.2 Å². The van der Waals surface area contributed by atoms with Crippen LogP contribution in [0.15, 0.2) is 46.3 Å². The number of aliphatic hydroxyl groups is 1.